The smallest absolute Gasteiger partial charge is 0.354 e. The van der Waals surface area contributed by atoms with Gasteiger partial charge in [0.2, 0.25) is 0 Å². The van der Waals surface area contributed by atoms with E-state index in [1.807, 2.05) is 36.4 Å². The minimum absolute atomic E-state index is 0.0490. The van der Waals surface area contributed by atoms with Crippen LogP contribution in [0.4, 0.5) is 4.39 Å². The average molecular weight is 604 g/mol. The fourth-order valence-electron chi connectivity index (χ4n) is 5.41. The second-order valence-corrected chi connectivity index (χ2v) is 11.8. The number of hydrogen-bond acceptors (Lipinski definition) is 5. The van der Waals surface area contributed by atoms with Crippen molar-refractivity contribution >= 4 is 28.5 Å². The average Bonchev–Trinajstić information content (AvgIpc) is 3.76. The fourth-order valence-corrected chi connectivity index (χ4v) is 5.66. The summed E-state index contributed by atoms with van der Waals surface area (Å²) in [5.74, 6) is 0.597. The zero-order chi connectivity index (χ0) is 30.5. The summed E-state index contributed by atoms with van der Waals surface area (Å²) in [7, 11) is 0. The Bertz CT molecular complexity index is 1660. The monoisotopic (exact) mass is 603 g/mol. The highest BCUT2D eigenvalue weighted by molar-refractivity contribution is 6.31. The Morgan fingerprint density at radius 1 is 1.26 bits per heavy atom. The van der Waals surface area contributed by atoms with Crippen LogP contribution < -0.4 is 22.1 Å². The lowest BCUT2D eigenvalue weighted by molar-refractivity contribution is 0.528. The molecule has 1 unspecified atom stereocenters. The van der Waals surface area contributed by atoms with E-state index in [2.05, 4.69) is 27.2 Å². The van der Waals surface area contributed by atoms with Gasteiger partial charge in [-0.25, -0.2) is 9.18 Å². The summed E-state index contributed by atoms with van der Waals surface area (Å²) in [5.41, 5.74) is 9.68. The van der Waals surface area contributed by atoms with Crippen molar-refractivity contribution in [3.63, 3.8) is 0 Å². The van der Waals surface area contributed by atoms with Crippen LogP contribution in [0.5, 0.6) is 0 Å². The van der Waals surface area contributed by atoms with Crippen LogP contribution in [-0.4, -0.2) is 39.5 Å². The number of aromatic amines is 1. The maximum Gasteiger partial charge on any atom is 0.354 e. The number of nitrogens with one attached hydrogen (secondary N) is 4. The molecule has 1 fully saturated rings. The SMILES string of the molecule is C=C[C@H](NCCCNC(C)=N)c1ccc(-n2cc3cc(-c4cc(CCCC(N)C5CC5)cc(Cl)c4F)[nH]c3nc2=O)cc1. The molecule has 1 saturated carbocycles. The number of rotatable bonds is 14. The van der Waals surface area contributed by atoms with E-state index < -0.39 is 11.5 Å². The first-order valence-electron chi connectivity index (χ1n) is 14.8. The van der Waals surface area contributed by atoms with Crippen LogP contribution in [0.25, 0.3) is 28.0 Å². The van der Waals surface area contributed by atoms with E-state index in [4.69, 9.17) is 22.7 Å². The van der Waals surface area contributed by atoms with E-state index in [1.54, 1.807) is 25.3 Å². The molecule has 10 heteroatoms. The number of H-pyrrole nitrogens is 1. The number of halogens is 2. The molecule has 1 aliphatic rings. The summed E-state index contributed by atoms with van der Waals surface area (Å²) < 4.78 is 16.7. The zero-order valence-corrected chi connectivity index (χ0v) is 25.2. The van der Waals surface area contributed by atoms with Crippen LogP contribution >= 0.6 is 11.6 Å². The number of amidine groups is 1. The van der Waals surface area contributed by atoms with Crippen LogP contribution in [0.3, 0.4) is 0 Å². The molecule has 0 spiro atoms. The van der Waals surface area contributed by atoms with E-state index in [9.17, 15) is 4.79 Å². The molecule has 43 heavy (non-hydrogen) atoms. The topological polar surface area (TPSA) is 125 Å². The van der Waals surface area contributed by atoms with Gasteiger partial charge in [0.05, 0.1) is 28.3 Å². The minimum atomic E-state index is -0.510. The first kappa shape index (κ1) is 30.7. The highest BCUT2D eigenvalue weighted by atomic mass is 35.5. The lowest BCUT2D eigenvalue weighted by Crippen LogP contribution is -2.26. The Labute approximate surface area is 256 Å². The molecule has 8 nitrogen and oxygen atoms in total. The molecule has 2 heterocycles. The van der Waals surface area contributed by atoms with Gasteiger partial charge in [0.1, 0.15) is 5.65 Å². The molecular formula is C33H39ClFN7O. The van der Waals surface area contributed by atoms with Crippen molar-refractivity contribution in [3.8, 4) is 16.9 Å². The highest BCUT2D eigenvalue weighted by Gasteiger charge is 2.27. The van der Waals surface area contributed by atoms with E-state index in [1.165, 1.54) is 17.4 Å². The van der Waals surface area contributed by atoms with Crippen LogP contribution in [0.1, 0.15) is 56.2 Å². The third kappa shape index (κ3) is 7.60. The third-order valence-corrected chi connectivity index (χ3v) is 8.27. The Balaban J connectivity index is 1.32. The Hall–Kier alpha value is -3.79. The van der Waals surface area contributed by atoms with Crippen molar-refractivity contribution < 1.29 is 4.39 Å². The third-order valence-electron chi connectivity index (χ3n) is 7.99. The lowest BCUT2D eigenvalue weighted by atomic mass is 10.00. The molecule has 226 valence electrons. The Kier molecular flexibility index (Phi) is 9.75. The van der Waals surface area contributed by atoms with Crippen LogP contribution in [0.2, 0.25) is 5.02 Å². The second-order valence-electron chi connectivity index (χ2n) is 11.4. The molecule has 0 bridgehead atoms. The van der Waals surface area contributed by atoms with Gasteiger partial charge in [-0.3, -0.25) is 9.98 Å². The van der Waals surface area contributed by atoms with Crippen molar-refractivity contribution in [2.24, 2.45) is 11.7 Å². The maximum absolute atomic E-state index is 15.2. The van der Waals surface area contributed by atoms with E-state index in [0.717, 1.165) is 49.9 Å². The van der Waals surface area contributed by atoms with Gasteiger partial charge < -0.3 is 21.4 Å². The molecule has 2 aromatic carbocycles. The first-order chi connectivity index (χ1) is 20.7. The van der Waals surface area contributed by atoms with E-state index >= 15 is 4.39 Å². The molecule has 5 rings (SSSR count). The van der Waals surface area contributed by atoms with E-state index in [-0.39, 0.29) is 17.1 Å². The molecule has 6 N–H and O–H groups in total. The van der Waals surface area contributed by atoms with Gasteiger partial charge in [-0.05, 0) is 99.4 Å². The standard InChI is InChI=1S/C33H39ClFN7O/c1-3-29(39-15-5-14-38-20(2)36)23-10-12-25(13-11-23)42-19-24-18-30(40-32(24)41-33(42)43)26-16-21(17-27(34)31(26)35)6-4-7-28(37)22-8-9-22/h3,10-13,16-19,22,28-29,39H,1,4-9,14-15,37H2,2H3,(H2,36,38)(H,40,41,43)/t28?,29-/m0/s1. The van der Waals surface area contributed by atoms with Gasteiger partial charge in [-0.15, -0.1) is 6.58 Å². The summed E-state index contributed by atoms with van der Waals surface area (Å²) in [6.45, 7) is 7.16. The maximum atomic E-state index is 15.2. The summed E-state index contributed by atoms with van der Waals surface area (Å²) in [5, 5.41) is 14.6. The van der Waals surface area contributed by atoms with Gasteiger partial charge in [0, 0.05) is 29.7 Å². The molecule has 0 aliphatic heterocycles. The number of fused-ring (bicyclic) bond motifs is 1. The predicted octanol–water partition coefficient (Wildman–Crippen LogP) is 6.03. The number of hydrogen-bond donors (Lipinski definition) is 5. The fraction of sp³-hybridized carbons (Fsp3) is 0.364. The van der Waals surface area contributed by atoms with Crippen LogP contribution in [-0.2, 0) is 6.42 Å². The molecule has 0 radical (unpaired) electrons. The number of nitrogens with zero attached hydrogens (tertiary/aromatic N) is 2. The number of nitrogens with two attached hydrogens (primary N) is 1. The molecule has 4 aromatic rings. The predicted molar refractivity (Wildman–Crippen MR) is 173 cm³/mol. The molecule has 1 aliphatic carbocycles. The van der Waals surface area contributed by atoms with Gasteiger partial charge in [-0.1, -0.05) is 29.8 Å². The molecule has 0 saturated heterocycles. The minimum Gasteiger partial charge on any atom is -0.374 e. The molecule has 2 aromatic heterocycles. The largest absolute Gasteiger partial charge is 0.374 e. The second kappa shape index (κ2) is 13.7. The van der Waals surface area contributed by atoms with E-state index in [0.29, 0.717) is 39.7 Å². The van der Waals surface area contributed by atoms with Gasteiger partial charge >= 0.3 is 5.69 Å². The van der Waals surface area contributed by atoms with Crippen molar-refractivity contribution in [2.45, 2.75) is 57.5 Å². The van der Waals surface area contributed by atoms with Crippen molar-refractivity contribution in [3.05, 3.63) is 93.8 Å². The summed E-state index contributed by atoms with van der Waals surface area (Å²) >= 11 is 6.29. The number of aromatic nitrogens is 3. The quantitative estimate of drug-likeness (QED) is 0.0521. The van der Waals surface area contributed by atoms with Crippen molar-refractivity contribution in [1.29, 1.82) is 5.41 Å². The molecule has 0 amide bonds. The van der Waals surface area contributed by atoms with Gasteiger partial charge in [-0.2, -0.15) is 4.98 Å². The first-order valence-corrected chi connectivity index (χ1v) is 15.2. The van der Waals surface area contributed by atoms with Gasteiger partial charge in [0.15, 0.2) is 5.82 Å². The normalized spacial score (nSPS) is 14.5. The number of benzene rings is 2. The molecule has 2 atom stereocenters. The Morgan fingerprint density at radius 2 is 2.02 bits per heavy atom. The summed E-state index contributed by atoms with van der Waals surface area (Å²) in [6, 6.07) is 13.1. The van der Waals surface area contributed by atoms with Gasteiger partial charge in [0.25, 0.3) is 0 Å². The van der Waals surface area contributed by atoms with Crippen molar-refractivity contribution in [1.82, 2.24) is 25.2 Å². The van der Waals surface area contributed by atoms with Crippen LogP contribution in [0.15, 0.2) is 66.1 Å². The number of aryl methyl sites for hydroxylation is 1. The zero-order valence-electron chi connectivity index (χ0n) is 24.4. The van der Waals surface area contributed by atoms with Crippen LogP contribution in [0, 0.1) is 17.1 Å². The highest BCUT2D eigenvalue weighted by Crippen LogP contribution is 2.34. The lowest BCUT2D eigenvalue weighted by Gasteiger charge is -2.16. The summed E-state index contributed by atoms with van der Waals surface area (Å²) in [6.07, 6.45) is 9.48. The Morgan fingerprint density at radius 3 is 2.72 bits per heavy atom. The van der Waals surface area contributed by atoms with Crippen molar-refractivity contribution in [2.75, 3.05) is 13.1 Å². The molecular weight excluding hydrogens is 565 g/mol. The summed E-state index contributed by atoms with van der Waals surface area (Å²) in [4.78, 5) is 20.3.